The quantitative estimate of drug-likeness (QED) is 0.849. The summed E-state index contributed by atoms with van der Waals surface area (Å²) < 4.78 is 22.1. The molecule has 8 heteroatoms. The van der Waals surface area contributed by atoms with Crippen molar-refractivity contribution < 1.29 is 13.5 Å². The van der Waals surface area contributed by atoms with E-state index in [2.05, 4.69) is 15.3 Å². The van der Waals surface area contributed by atoms with Gasteiger partial charge in [0.2, 0.25) is 0 Å². The van der Waals surface area contributed by atoms with E-state index in [9.17, 15) is 13.5 Å². The van der Waals surface area contributed by atoms with Crippen molar-refractivity contribution in [2.24, 2.45) is 0 Å². The zero-order valence-corrected chi connectivity index (χ0v) is 12.3. The van der Waals surface area contributed by atoms with Gasteiger partial charge >= 0.3 is 0 Å². The van der Waals surface area contributed by atoms with Crippen molar-refractivity contribution in [3.63, 3.8) is 0 Å². The molecule has 1 atom stereocenters. The maximum absolute atomic E-state index is 11.1. The molecule has 1 unspecified atom stereocenters. The Morgan fingerprint density at radius 1 is 1.47 bits per heavy atom. The number of thiophene rings is 1. The number of aliphatic hydroxyl groups excluding tert-OH is 1. The number of hydrogen-bond acceptors (Lipinski definition) is 7. The molecule has 0 bridgehead atoms. The average Bonchev–Trinajstić information content (AvgIpc) is 2.67. The van der Waals surface area contributed by atoms with Crippen LogP contribution < -0.4 is 5.32 Å². The molecule has 2 rings (SSSR count). The molecule has 0 aliphatic carbocycles. The lowest BCUT2D eigenvalue weighted by Crippen LogP contribution is -2.27. The van der Waals surface area contributed by atoms with E-state index in [0.717, 1.165) is 22.0 Å². The molecule has 2 aromatic heterocycles. The number of aliphatic hydroxyl groups is 1. The highest BCUT2D eigenvalue weighted by Gasteiger charge is 2.14. The van der Waals surface area contributed by atoms with Crippen LogP contribution in [0.2, 0.25) is 0 Å². The summed E-state index contributed by atoms with van der Waals surface area (Å²) in [6.07, 6.45) is 1.59. The first kappa shape index (κ1) is 14.2. The maximum Gasteiger partial charge on any atom is 0.150 e. The van der Waals surface area contributed by atoms with Crippen molar-refractivity contribution in [3.05, 3.63) is 17.3 Å². The van der Waals surface area contributed by atoms with Gasteiger partial charge in [-0.1, -0.05) is 0 Å². The van der Waals surface area contributed by atoms with Gasteiger partial charge in [-0.15, -0.1) is 11.3 Å². The second-order valence-electron chi connectivity index (χ2n) is 4.45. The van der Waals surface area contributed by atoms with Gasteiger partial charge in [-0.2, -0.15) is 0 Å². The second-order valence-corrected chi connectivity index (χ2v) is 7.49. The van der Waals surface area contributed by atoms with E-state index >= 15 is 0 Å². The van der Waals surface area contributed by atoms with Gasteiger partial charge in [-0.05, 0) is 17.9 Å². The van der Waals surface area contributed by atoms with Crippen LogP contribution >= 0.6 is 11.3 Å². The molecule has 0 amide bonds. The van der Waals surface area contributed by atoms with Crippen LogP contribution in [0, 0.1) is 6.92 Å². The van der Waals surface area contributed by atoms with Gasteiger partial charge in [0.05, 0.1) is 17.2 Å². The Morgan fingerprint density at radius 2 is 2.21 bits per heavy atom. The molecule has 0 aliphatic rings. The minimum atomic E-state index is -3.19. The Bertz CT molecular complexity index is 682. The molecule has 0 aromatic carbocycles. The predicted octanol–water partition coefficient (Wildman–Crippen LogP) is 0.817. The number of fused-ring (bicyclic) bond motifs is 1. The summed E-state index contributed by atoms with van der Waals surface area (Å²) in [6, 6.07) is 0. The Hall–Kier alpha value is -1.25. The molecule has 0 saturated carbocycles. The topological polar surface area (TPSA) is 92.2 Å². The van der Waals surface area contributed by atoms with Crippen molar-refractivity contribution in [3.8, 4) is 0 Å². The van der Waals surface area contributed by atoms with Gasteiger partial charge in [0.15, 0.2) is 0 Å². The fraction of sp³-hybridized carbons (Fsp3) is 0.455. The van der Waals surface area contributed by atoms with Gasteiger partial charge in [-0.3, -0.25) is 0 Å². The first-order valence-electron chi connectivity index (χ1n) is 5.65. The summed E-state index contributed by atoms with van der Waals surface area (Å²) >= 11 is 1.52. The second kappa shape index (κ2) is 5.40. The van der Waals surface area contributed by atoms with E-state index in [1.165, 1.54) is 17.7 Å². The van der Waals surface area contributed by atoms with Gasteiger partial charge in [-0.25, -0.2) is 18.4 Å². The van der Waals surface area contributed by atoms with Crippen LogP contribution in [0.1, 0.15) is 5.56 Å². The highest BCUT2D eigenvalue weighted by Crippen LogP contribution is 2.28. The lowest BCUT2D eigenvalue weighted by Gasteiger charge is -2.12. The van der Waals surface area contributed by atoms with E-state index in [1.807, 2.05) is 12.3 Å². The number of aromatic nitrogens is 2. The molecule has 0 aliphatic heterocycles. The summed E-state index contributed by atoms with van der Waals surface area (Å²) in [5.74, 6) is 0.355. The number of nitrogens with zero attached hydrogens (tertiary/aromatic N) is 2. The molecule has 19 heavy (non-hydrogen) atoms. The average molecular weight is 301 g/mol. The predicted molar refractivity (Wildman–Crippen MR) is 76.4 cm³/mol. The molecule has 0 saturated heterocycles. The monoisotopic (exact) mass is 301 g/mol. The van der Waals surface area contributed by atoms with Gasteiger partial charge < -0.3 is 10.4 Å². The molecule has 0 spiro atoms. The molecule has 2 heterocycles. The lowest BCUT2D eigenvalue weighted by molar-refractivity contribution is 0.210. The summed E-state index contributed by atoms with van der Waals surface area (Å²) in [5.41, 5.74) is 1.06. The number of nitrogens with one attached hydrogen (secondary N) is 1. The molecule has 104 valence electrons. The van der Waals surface area contributed by atoms with Crippen molar-refractivity contribution in [2.45, 2.75) is 13.0 Å². The third-order valence-electron chi connectivity index (χ3n) is 2.55. The minimum Gasteiger partial charge on any atom is -0.390 e. The Balaban J connectivity index is 2.12. The van der Waals surface area contributed by atoms with Gasteiger partial charge in [0.25, 0.3) is 0 Å². The summed E-state index contributed by atoms with van der Waals surface area (Å²) in [6.45, 7) is 2.09. The first-order valence-corrected chi connectivity index (χ1v) is 8.59. The van der Waals surface area contributed by atoms with Crippen molar-refractivity contribution in [2.75, 3.05) is 23.9 Å². The highest BCUT2D eigenvalue weighted by molar-refractivity contribution is 7.90. The van der Waals surface area contributed by atoms with E-state index in [1.54, 1.807) is 0 Å². The minimum absolute atomic E-state index is 0.133. The molecular weight excluding hydrogens is 286 g/mol. The largest absolute Gasteiger partial charge is 0.390 e. The summed E-state index contributed by atoms with van der Waals surface area (Å²) in [4.78, 5) is 9.16. The van der Waals surface area contributed by atoms with Crippen LogP contribution in [0.15, 0.2) is 11.7 Å². The van der Waals surface area contributed by atoms with Crippen LogP contribution in [0.4, 0.5) is 5.82 Å². The molecular formula is C11H15N3O3S2. The Morgan fingerprint density at radius 3 is 2.89 bits per heavy atom. The van der Waals surface area contributed by atoms with Crippen LogP contribution in [0.3, 0.4) is 0 Å². The van der Waals surface area contributed by atoms with Crippen molar-refractivity contribution in [1.29, 1.82) is 0 Å². The maximum atomic E-state index is 11.1. The van der Waals surface area contributed by atoms with Crippen molar-refractivity contribution >= 4 is 37.2 Å². The van der Waals surface area contributed by atoms with Gasteiger partial charge in [0.1, 0.15) is 26.8 Å². The van der Waals surface area contributed by atoms with E-state index in [-0.39, 0.29) is 12.3 Å². The zero-order chi connectivity index (χ0) is 14.0. The molecule has 6 nitrogen and oxygen atoms in total. The van der Waals surface area contributed by atoms with Crippen LogP contribution in [0.25, 0.3) is 10.2 Å². The van der Waals surface area contributed by atoms with E-state index in [0.29, 0.717) is 5.82 Å². The number of anilines is 1. The summed E-state index contributed by atoms with van der Waals surface area (Å²) in [5, 5.41) is 15.5. The molecule has 2 aromatic rings. The van der Waals surface area contributed by atoms with Crippen LogP contribution in [0.5, 0.6) is 0 Å². The normalized spacial score (nSPS) is 13.6. The third kappa shape index (κ3) is 3.62. The Labute approximate surface area is 115 Å². The smallest absolute Gasteiger partial charge is 0.150 e. The van der Waals surface area contributed by atoms with E-state index < -0.39 is 15.9 Å². The number of aryl methyl sites for hydroxylation is 1. The summed E-state index contributed by atoms with van der Waals surface area (Å²) in [7, 11) is -3.19. The van der Waals surface area contributed by atoms with Crippen LogP contribution in [-0.4, -0.2) is 48.1 Å². The fourth-order valence-corrected chi connectivity index (χ4v) is 3.48. The number of rotatable bonds is 5. The van der Waals surface area contributed by atoms with E-state index in [4.69, 9.17) is 0 Å². The standard InChI is InChI=1S/C11H15N3O3S2/c1-7-4-18-11-9(7)10(13-6-14-11)12-3-8(15)5-19(2,16)17/h4,6,8,15H,3,5H2,1-2H3,(H,12,13,14). The van der Waals surface area contributed by atoms with Crippen molar-refractivity contribution in [1.82, 2.24) is 9.97 Å². The zero-order valence-electron chi connectivity index (χ0n) is 10.6. The number of hydrogen-bond donors (Lipinski definition) is 2. The Kier molecular flexibility index (Phi) is 4.02. The lowest BCUT2D eigenvalue weighted by atomic mass is 10.2. The molecule has 2 N–H and O–H groups in total. The molecule has 0 radical (unpaired) electrons. The highest BCUT2D eigenvalue weighted by atomic mass is 32.2. The SMILES string of the molecule is Cc1csc2ncnc(NCC(O)CS(C)(=O)=O)c12. The first-order chi connectivity index (χ1) is 8.87. The fourth-order valence-electron chi connectivity index (χ4n) is 1.77. The third-order valence-corrected chi connectivity index (χ3v) is 4.55. The number of sulfone groups is 1. The van der Waals surface area contributed by atoms with Crippen LogP contribution in [-0.2, 0) is 9.84 Å². The molecule has 0 fully saturated rings. The van der Waals surface area contributed by atoms with Gasteiger partial charge in [0, 0.05) is 12.8 Å².